The smallest absolute Gasteiger partial charge is 0.355 e. The highest BCUT2D eigenvalue weighted by Gasteiger charge is 2.11. The molecule has 0 saturated heterocycles. The van der Waals surface area contributed by atoms with Crippen molar-refractivity contribution in [2.45, 2.75) is 33.2 Å². The molecule has 2 heterocycles. The van der Waals surface area contributed by atoms with Crippen LogP contribution in [0.25, 0.3) is 0 Å². The maximum absolute atomic E-state index is 12.0. The number of hydrogen-bond acceptors (Lipinski definition) is 5. The minimum Gasteiger partial charge on any atom is -0.476 e. The summed E-state index contributed by atoms with van der Waals surface area (Å²) in [5, 5.41) is 18.2. The molecule has 0 spiro atoms. The lowest BCUT2D eigenvalue weighted by atomic mass is 10.3. The molecule has 2 rings (SSSR count). The van der Waals surface area contributed by atoms with Gasteiger partial charge >= 0.3 is 12.0 Å². The lowest BCUT2D eigenvalue weighted by Gasteiger charge is -2.18. The number of nitrogens with one attached hydrogen (secondary N) is 1. The molecule has 2 aromatic rings. The number of aryl methyl sites for hydroxylation is 3. The third-order valence-corrected chi connectivity index (χ3v) is 4.61. The average Bonchev–Trinajstić information content (AvgIpc) is 3.14. The highest BCUT2D eigenvalue weighted by molar-refractivity contribution is 7.09. The van der Waals surface area contributed by atoms with Crippen LogP contribution in [-0.4, -0.2) is 56.9 Å². The van der Waals surface area contributed by atoms with Crippen molar-refractivity contribution in [1.29, 1.82) is 0 Å². The minimum atomic E-state index is -1.03. The normalized spacial score (nSPS) is 10.7. The molecule has 2 amide bonds. The Hall–Kier alpha value is -2.42. The first kappa shape index (κ1) is 18.9. The molecule has 2 N–H and O–H groups in total. The largest absolute Gasteiger partial charge is 0.476 e. The summed E-state index contributed by atoms with van der Waals surface area (Å²) in [6, 6.07) is 1.88. The van der Waals surface area contributed by atoms with Crippen molar-refractivity contribution in [1.82, 2.24) is 25.0 Å². The molecule has 0 atom stereocenters. The number of carbonyl (C=O) groups excluding carboxylic acids is 1. The van der Waals surface area contributed by atoms with Crippen LogP contribution in [0.5, 0.6) is 0 Å². The molecule has 0 aliphatic heterocycles. The van der Waals surface area contributed by atoms with Gasteiger partial charge in [-0.25, -0.2) is 14.6 Å². The van der Waals surface area contributed by atoms with E-state index in [2.05, 4.69) is 15.4 Å². The van der Waals surface area contributed by atoms with E-state index < -0.39 is 5.97 Å². The van der Waals surface area contributed by atoms with Crippen molar-refractivity contribution in [2.75, 3.05) is 20.1 Å². The van der Waals surface area contributed by atoms with Crippen LogP contribution in [0.2, 0.25) is 0 Å². The first-order chi connectivity index (χ1) is 11.9. The highest BCUT2D eigenvalue weighted by atomic mass is 32.1. The summed E-state index contributed by atoms with van der Waals surface area (Å²) >= 11 is 1.29. The lowest BCUT2D eigenvalue weighted by molar-refractivity contribution is 0.0691. The first-order valence-corrected chi connectivity index (χ1v) is 8.92. The molecule has 0 unspecified atom stereocenters. The fourth-order valence-electron chi connectivity index (χ4n) is 2.40. The van der Waals surface area contributed by atoms with Gasteiger partial charge in [-0.3, -0.25) is 4.68 Å². The Bertz CT molecular complexity index is 740. The molecule has 0 aromatic carbocycles. The van der Waals surface area contributed by atoms with Gasteiger partial charge < -0.3 is 15.3 Å². The molecule has 0 bridgehead atoms. The molecule has 0 saturated carbocycles. The third kappa shape index (κ3) is 5.56. The summed E-state index contributed by atoms with van der Waals surface area (Å²) in [7, 11) is 1.75. The fourth-order valence-corrected chi connectivity index (χ4v) is 3.17. The fraction of sp³-hybridized carbons (Fsp3) is 0.500. The molecule has 136 valence electrons. The van der Waals surface area contributed by atoms with Gasteiger partial charge in [0.1, 0.15) is 0 Å². The number of amides is 2. The summed E-state index contributed by atoms with van der Waals surface area (Å²) < 4.78 is 1.95. The monoisotopic (exact) mass is 365 g/mol. The Kier molecular flexibility index (Phi) is 6.51. The molecule has 0 aliphatic carbocycles. The topological polar surface area (TPSA) is 100 Å². The Morgan fingerprint density at radius 2 is 2.16 bits per heavy atom. The zero-order valence-electron chi connectivity index (χ0n) is 14.7. The number of nitrogens with zero attached hydrogens (tertiary/aromatic N) is 4. The number of urea groups is 1. The van der Waals surface area contributed by atoms with Gasteiger partial charge in [-0.1, -0.05) is 0 Å². The van der Waals surface area contributed by atoms with Gasteiger partial charge in [-0.15, -0.1) is 11.3 Å². The molecular formula is C16H23N5O3S. The molecule has 25 heavy (non-hydrogen) atoms. The van der Waals surface area contributed by atoms with Crippen LogP contribution in [0.3, 0.4) is 0 Å². The zero-order valence-corrected chi connectivity index (χ0v) is 15.5. The van der Waals surface area contributed by atoms with Crippen molar-refractivity contribution < 1.29 is 14.7 Å². The number of rotatable bonds is 8. The Balaban J connectivity index is 1.67. The summed E-state index contributed by atoms with van der Waals surface area (Å²) in [6.45, 7) is 5.81. The summed E-state index contributed by atoms with van der Waals surface area (Å²) in [6.07, 6.45) is 1.34. The quantitative estimate of drug-likeness (QED) is 0.744. The van der Waals surface area contributed by atoms with E-state index in [-0.39, 0.29) is 11.7 Å². The third-order valence-electron chi connectivity index (χ3n) is 3.70. The van der Waals surface area contributed by atoms with Crippen molar-refractivity contribution in [3.63, 3.8) is 0 Å². The second kappa shape index (κ2) is 8.61. The van der Waals surface area contributed by atoms with Crippen molar-refractivity contribution in [3.8, 4) is 0 Å². The zero-order chi connectivity index (χ0) is 18.4. The highest BCUT2D eigenvalue weighted by Crippen LogP contribution is 2.10. The Labute approximate surface area is 150 Å². The van der Waals surface area contributed by atoms with Crippen molar-refractivity contribution >= 4 is 23.3 Å². The van der Waals surface area contributed by atoms with E-state index in [1.165, 1.54) is 16.7 Å². The summed E-state index contributed by atoms with van der Waals surface area (Å²) in [5.74, 6) is -1.03. The Morgan fingerprint density at radius 1 is 1.40 bits per heavy atom. The second-order valence-corrected chi connectivity index (χ2v) is 6.78. The molecular weight excluding hydrogens is 342 g/mol. The number of aromatic nitrogens is 3. The number of carboxylic acid groups (broad SMARTS) is 1. The predicted molar refractivity (Wildman–Crippen MR) is 95.1 cm³/mol. The van der Waals surface area contributed by atoms with E-state index in [4.69, 9.17) is 5.11 Å². The van der Waals surface area contributed by atoms with Gasteiger partial charge in [0.15, 0.2) is 5.69 Å². The molecule has 0 radical (unpaired) electrons. The van der Waals surface area contributed by atoms with Crippen molar-refractivity contribution in [3.05, 3.63) is 33.5 Å². The minimum absolute atomic E-state index is 0.0487. The van der Waals surface area contributed by atoms with E-state index in [9.17, 15) is 9.59 Å². The molecule has 0 aliphatic rings. The van der Waals surface area contributed by atoms with E-state index in [1.807, 2.05) is 24.6 Å². The van der Waals surface area contributed by atoms with Gasteiger partial charge in [-0.05, 0) is 26.3 Å². The van der Waals surface area contributed by atoms with E-state index in [0.717, 1.165) is 24.4 Å². The number of aromatic carboxylic acids is 1. The SMILES string of the molecule is Cc1cc(C)n(CCCN(C)C(=O)NCCc2nc(C(=O)O)cs2)n1. The van der Waals surface area contributed by atoms with Crippen LogP contribution in [0.1, 0.15) is 33.3 Å². The maximum atomic E-state index is 12.0. The Morgan fingerprint density at radius 3 is 2.76 bits per heavy atom. The average molecular weight is 365 g/mol. The van der Waals surface area contributed by atoms with Crippen LogP contribution in [0.15, 0.2) is 11.4 Å². The standard InChI is InChI=1S/C16H23N5O3S/c1-11-9-12(2)21(19-11)8-4-7-20(3)16(24)17-6-5-14-18-13(10-25-14)15(22)23/h9-10H,4-8H2,1-3H3,(H,17,24)(H,22,23). The van der Waals surface area contributed by atoms with Gasteiger partial charge in [-0.2, -0.15) is 5.10 Å². The van der Waals surface area contributed by atoms with Gasteiger partial charge in [0.05, 0.1) is 10.7 Å². The van der Waals surface area contributed by atoms with Crippen LogP contribution in [-0.2, 0) is 13.0 Å². The summed E-state index contributed by atoms with van der Waals surface area (Å²) in [5.41, 5.74) is 2.17. The van der Waals surface area contributed by atoms with E-state index in [0.29, 0.717) is 24.5 Å². The van der Waals surface area contributed by atoms with Crippen LogP contribution < -0.4 is 5.32 Å². The van der Waals surface area contributed by atoms with Gasteiger partial charge in [0.2, 0.25) is 0 Å². The van der Waals surface area contributed by atoms with Crippen LogP contribution in [0.4, 0.5) is 4.79 Å². The molecule has 9 heteroatoms. The van der Waals surface area contributed by atoms with Crippen LogP contribution >= 0.6 is 11.3 Å². The van der Waals surface area contributed by atoms with Gasteiger partial charge in [0, 0.05) is 44.2 Å². The van der Waals surface area contributed by atoms with Crippen LogP contribution in [0, 0.1) is 13.8 Å². The first-order valence-electron chi connectivity index (χ1n) is 8.04. The summed E-state index contributed by atoms with van der Waals surface area (Å²) in [4.78, 5) is 28.4. The lowest BCUT2D eigenvalue weighted by Crippen LogP contribution is -2.39. The predicted octanol–water partition coefficient (Wildman–Crippen LogP) is 1.93. The van der Waals surface area contributed by atoms with E-state index >= 15 is 0 Å². The maximum Gasteiger partial charge on any atom is 0.355 e. The molecule has 8 nitrogen and oxygen atoms in total. The second-order valence-electron chi connectivity index (χ2n) is 5.84. The molecule has 0 fully saturated rings. The van der Waals surface area contributed by atoms with E-state index in [1.54, 1.807) is 11.9 Å². The number of thiazole rings is 1. The molecule has 2 aromatic heterocycles. The van der Waals surface area contributed by atoms with Gasteiger partial charge in [0.25, 0.3) is 0 Å². The number of hydrogen-bond donors (Lipinski definition) is 2. The number of carbonyl (C=O) groups is 2. The van der Waals surface area contributed by atoms with Crippen molar-refractivity contribution in [2.24, 2.45) is 0 Å². The number of carboxylic acids is 1.